The van der Waals surface area contributed by atoms with Gasteiger partial charge >= 0.3 is 0 Å². The summed E-state index contributed by atoms with van der Waals surface area (Å²) in [4.78, 5) is 28.8. The molecule has 0 aliphatic carbocycles. The smallest absolute Gasteiger partial charge is 0.251 e. The van der Waals surface area contributed by atoms with E-state index >= 15 is 0 Å². The van der Waals surface area contributed by atoms with E-state index < -0.39 is 16.1 Å². The van der Waals surface area contributed by atoms with E-state index in [9.17, 15) is 18.0 Å². The molecule has 2 aromatic rings. The minimum absolute atomic E-state index is 0.0648. The van der Waals surface area contributed by atoms with E-state index in [-0.39, 0.29) is 36.2 Å². The molecular weight excluding hydrogens is 574 g/mol. The predicted octanol–water partition coefficient (Wildman–Crippen LogP) is 3.50. The first-order chi connectivity index (χ1) is 14.7. The van der Waals surface area contributed by atoms with Gasteiger partial charge in [0, 0.05) is 40.1 Å². The summed E-state index contributed by atoms with van der Waals surface area (Å²) in [6, 6.07) is 11.0. The molecule has 0 aromatic heterocycles. The Morgan fingerprint density at radius 3 is 2.35 bits per heavy atom. The van der Waals surface area contributed by atoms with Gasteiger partial charge in [-0.15, -0.1) is 0 Å². The zero-order valence-corrected chi connectivity index (χ0v) is 20.9. The van der Waals surface area contributed by atoms with Crippen LogP contribution in [0.1, 0.15) is 6.42 Å². The van der Waals surface area contributed by atoms with Crippen LogP contribution in [-0.2, 0) is 19.6 Å². The lowest BCUT2D eigenvalue weighted by Crippen LogP contribution is -2.53. The summed E-state index contributed by atoms with van der Waals surface area (Å²) in [6.45, 7) is 1.18. The first kappa shape index (κ1) is 22.9. The lowest BCUT2D eigenvalue weighted by atomic mass is 10.2. The van der Waals surface area contributed by atoms with E-state index in [4.69, 9.17) is 11.6 Å². The van der Waals surface area contributed by atoms with Gasteiger partial charge in [0.15, 0.2) is 0 Å². The number of anilines is 1. The fourth-order valence-electron chi connectivity index (χ4n) is 3.86. The number of amides is 2. The minimum Gasteiger partial charge on any atom is -0.289 e. The Kier molecular flexibility index (Phi) is 6.58. The number of carbonyl (C=O) groups is 2. The normalized spacial score (nSPS) is 21.1. The number of hydrogen-bond acceptors (Lipinski definition) is 5. The average Bonchev–Trinajstić information content (AvgIpc) is 3.03. The largest absolute Gasteiger partial charge is 0.289 e. The molecule has 31 heavy (non-hydrogen) atoms. The predicted molar refractivity (Wildman–Crippen MR) is 125 cm³/mol. The van der Waals surface area contributed by atoms with Crippen LogP contribution in [0, 0.1) is 0 Å². The summed E-state index contributed by atoms with van der Waals surface area (Å²) < 4.78 is 28.7. The van der Waals surface area contributed by atoms with Crippen molar-refractivity contribution in [1.29, 1.82) is 0 Å². The van der Waals surface area contributed by atoms with Crippen molar-refractivity contribution in [2.24, 2.45) is 0 Å². The van der Waals surface area contributed by atoms with Crippen LogP contribution in [0.4, 0.5) is 5.69 Å². The first-order valence-electron chi connectivity index (χ1n) is 9.50. The Morgan fingerprint density at radius 1 is 0.968 bits per heavy atom. The second-order valence-corrected chi connectivity index (χ2v) is 11.4. The number of nitrogens with zero attached hydrogens (tertiary/aromatic N) is 3. The van der Waals surface area contributed by atoms with Crippen LogP contribution in [0.5, 0.6) is 0 Å². The highest BCUT2D eigenvalue weighted by molar-refractivity contribution is 9.11. The molecule has 0 spiro atoms. The molecule has 0 unspecified atom stereocenters. The van der Waals surface area contributed by atoms with Crippen LogP contribution >= 0.6 is 43.5 Å². The third-order valence-electron chi connectivity index (χ3n) is 5.41. The molecule has 2 aromatic carbocycles. The molecule has 11 heteroatoms. The summed E-state index contributed by atoms with van der Waals surface area (Å²) in [6.07, 6.45) is 0.0648. The maximum absolute atomic E-state index is 13.1. The lowest BCUT2D eigenvalue weighted by Gasteiger charge is -2.36. The SMILES string of the molecule is O=C1C[C@H](N2CCN(S(=O)(=O)c3cc(Br)ccc3Br)CC2)C(=O)N1c1cccc(Cl)c1. The van der Waals surface area contributed by atoms with Crippen molar-refractivity contribution < 1.29 is 18.0 Å². The number of sulfonamides is 1. The molecule has 2 fully saturated rings. The highest BCUT2D eigenvalue weighted by Crippen LogP contribution is 2.31. The first-order valence-corrected chi connectivity index (χ1v) is 12.9. The van der Waals surface area contributed by atoms with Crippen LogP contribution in [0.25, 0.3) is 0 Å². The number of carbonyl (C=O) groups excluding carboxylic acids is 2. The number of imide groups is 1. The molecule has 7 nitrogen and oxygen atoms in total. The maximum Gasteiger partial charge on any atom is 0.251 e. The number of hydrogen-bond donors (Lipinski definition) is 0. The molecule has 2 amide bonds. The number of rotatable bonds is 4. The molecular formula is C20H18Br2ClN3O4S. The molecule has 0 radical (unpaired) electrons. The monoisotopic (exact) mass is 589 g/mol. The number of halogens is 3. The van der Waals surface area contributed by atoms with Crippen molar-refractivity contribution in [3.63, 3.8) is 0 Å². The summed E-state index contributed by atoms with van der Waals surface area (Å²) in [5.74, 6) is -0.594. The van der Waals surface area contributed by atoms with E-state index in [1.165, 1.54) is 4.31 Å². The van der Waals surface area contributed by atoms with Crippen LogP contribution < -0.4 is 4.90 Å². The molecule has 2 aliphatic rings. The molecule has 2 heterocycles. The van der Waals surface area contributed by atoms with Crippen molar-refractivity contribution >= 4 is 71.0 Å². The fourth-order valence-corrected chi connectivity index (χ4v) is 6.93. The minimum atomic E-state index is -3.69. The van der Waals surface area contributed by atoms with E-state index in [1.54, 1.807) is 42.5 Å². The van der Waals surface area contributed by atoms with E-state index in [0.717, 1.165) is 4.90 Å². The lowest BCUT2D eigenvalue weighted by molar-refractivity contribution is -0.123. The maximum atomic E-state index is 13.1. The third-order valence-corrected chi connectivity index (χ3v) is 9.04. The summed E-state index contributed by atoms with van der Waals surface area (Å²) in [7, 11) is -3.69. The highest BCUT2D eigenvalue weighted by Gasteiger charge is 2.44. The van der Waals surface area contributed by atoms with Crippen molar-refractivity contribution in [3.8, 4) is 0 Å². The van der Waals surface area contributed by atoms with Gasteiger partial charge in [0.1, 0.15) is 0 Å². The molecule has 1 atom stereocenters. The van der Waals surface area contributed by atoms with Crippen molar-refractivity contribution in [2.45, 2.75) is 17.4 Å². The standard InChI is InChI=1S/C20H18Br2ClN3O4S/c21-13-4-5-16(22)18(10-13)31(29,30)25-8-6-24(7-9-25)17-12-19(27)26(20(17)28)15-3-1-2-14(23)11-15/h1-5,10-11,17H,6-9,12H2/t17-/m0/s1. The van der Waals surface area contributed by atoms with Gasteiger partial charge < -0.3 is 0 Å². The average molecular weight is 592 g/mol. The molecule has 2 saturated heterocycles. The van der Waals surface area contributed by atoms with Crippen LogP contribution in [-0.4, -0.2) is 61.7 Å². The Labute approximate surface area is 202 Å². The highest BCUT2D eigenvalue weighted by atomic mass is 79.9. The zero-order chi connectivity index (χ0) is 22.3. The molecule has 0 N–H and O–H groups in total. The number of benzene rings is 2. The summed E-state index contributed by atoms with van der Waals surface area (Å²) in [5, 5.41) is 0.444. The second-order valence-electron chi connectivity index (χ2n) is 7.28. The topological polar surface area (TPSA) is 78.0 Å². The molecule has 2 aliphatic heterocycles. The van der Waals surface area contributed by atoms with Gasteiger partial charge in [0.2, 0.25) is 15.9 Å². The molecule has 164 valence electrons. The van der Waals surface area contributed by atoms with Gasteiger partial charge in [-0.2, -0.15) is 4.31 Å². The van der Waals surface area contributed by atoms with Gasteiger partial charge in [0.05, 0.1) is 23.0 Å². The van der Waals surface area contributed by atoms with Gasteiger partial charge in [-0.25, -0.2) is 13.3 Å². The molecule has 4 rings (SSSR count). The third kappa shape index (κ3) is 4.46. The van der Waals surface area contributed by atoms with Gasteiger partial charge in [-0.05, 0) is 52.3 Å². The van der Waals surface area contributed by atoms with E-state index in [2.05, 4.69) is 31.9 Å². The van der Waals surface area contributed by atoms with E-state index in [1.807, 2.05) is 4.90 Å². The second kappa shape index (κ2) is 8.92. The van der Waals surface area contributed by atoms with Gasteiger partial charge in [0.25, 0.3) is 5.91 Å². The van der Waals surface area contributed by atoms with Crippen LogP contribution in [0.15, 0.2) is 56.3 Å². The van der Waals surface area contributed by atoms with Gasteiger partial charge in [-0.3, -0.25) is 14.5 Å². The zero-order valence-electron chi connectivity index (χ0n) is 16.2. The quantitative estimate of drug-likeness (QED) is 0.509. The summed E-state index contributed by atoms with van der Waals surface area (Å²) in [5.41, 5.74) is 0.450. The van der Waals surface area contributed by atoms with Crippen LogP contribution in [0.2, 0.25) is 5.02 Å². The van der Waals surface area contributed by atoms with Crippen LogP contribution in [0.3, 0.4) is 0 Å². The molecule has 0 saturated carbocycles. The van der Waals surface area contributed by atoms with Crippen molar-refractivity contribution in [1.82, 2.24) is 9.21 Å². The van der Waals surface area contributed by atoms with Gasteiger partial charge in [-0.1, -0.05) is 33.6 Å². The molecule has 0 bridgehead atoms. The van der Waals surface area contributed by atoms with Crippen molar-refractivity contribution in [2.75, 3.05) is 31.1 Å². The summed E-state index contributed by atoms with van der Waals surface area (Å²) >= 11 is 12.6. The Morgan fingerprint density at radius 2 is 1.68 bits per heavy atom. The Bertz CT molecular complexity index is 1150. The Hall–Kier alpha value is -1.30. The Balaban J connectivity index is 1.47. The van der Waals surface area contributed by atoms with Crippen molar-refractivity contribution in [3.05, 3.63) is 56.4 Å². The number of piperazine rings is 1. The fraction of sp³-hybridized carbons (Fsp3) is 0.300. The van der Waals surface area contributed by atoms with E-state index in [0.29, 0.717) is 32.7 Å².